The lowest BCUT2D eigenvalue weighted by molar-refractivity contribution is 0.317. The molecule has 0 radical (unpaired) electrons. The van der Waals surface area contributed by atoms with Gasteiger partial charge in [-0.15, -0.1) is 0 Å². The van der Waals surface area contributed by atoms with E-state index in [9.17, 15) is 0 Å². The number of amidine groups is 1. The maximum atomic E-state index is 8.82. The summed E-state index contributed by atoms with van der Waals surface area (Å²) in [7, 11) is 0. The topological polar surface area (TPSA) is 70.6 Å². The fourth-order valence-corrected chi connectivity index (χ4v) is 4.00. The summed E-state index contributed by atoms with van der Waals surface area (Å²) in [4.78, 5) is 0. The predicted octanol–water partition coefficient (Wildman–Crippen LogP) is 2.31. The molecular formula is C16H23N3O. The van der Waals surface area contributed by atoms with Gasteiger partial charge in [-0.25, -0.2) is 0 Å². The Bertz CT molecular complexity index is 500. The van der Waals surface area contributed by atoms with Crippen LogP contribution in [0.3, 0.4) is 0 Å². The molecule has 4 heteroatoms. The van der Waals surface area contributed by atoms with E-state index in [-0.39, 0.29) is 5.84 Å². The van der Waals surface area contributed by atoms with Gasteiger partial charge in [-0.05, 0) is 49.1 Å². The molecule has 0 saturated heterocycles. The van der Waals surface area contributed by atoms with Gasteiger partial charge < -0.3 is 16.3 Å². The quantitative estimate of drug-likeness (QED) is 0.334. The third-order valence-electron chi connectivity index (χ3n) is 5.01. The first-order valence-electron chi connectivity index (χ1n) is 7.54. The average Bonchev–Trinajstić information content (AvgIpc) is 3.09. The molecule has 3 atom stereocenters. The van der Waals surface area contributed by atoms with Gasteiger partial charge in [0.2, 0.25) is 0 Å². The lowest BCUT2D eigenvalue weighted by atomic mass is 9.89. The number of hydrogen-bond donors (Lipinski definition) is 3. The molecule has 20 heavy (non-hydrogen) atoms. The minimum Gasteiger partial charge on any atom is -0.409 e. The highest BCUT2D eigenvalue weighted by Gasteiger charge is 2.38. The minimum atomic E-state index is 0.183. The predicted molar refractivity (Wildman–Crippen MR) is 79.6 cm³/mol. The van der Waals surface area contributed by atoms with Crippen LogP contribution in [0.5, 0.6) is 0 Å². The van der Waals surface area contributed by atoms with Crippen molar-refractivity contribution in [1.82, 2.24) is 5.32 Å². The monoisotopic (exact) mass is 273 g/mol. The number of nitrogens with zero attached hydrogens (tertiary/aromatic N) is 1. The fraction of sp³-hybridized carbons (Fsp3) is 0.562. The number of benzene rings is 1. The van der Waals surface area contributed by atoms with Crippen molar-refractivity contribution in [3.8, 4) is 0 Å². The molecule has 2 bridgehead atoms. The van der Waals surface area contributed by atoms with Gasteiger partial charge in [0.05, 0.1) is 0 Å². The maximum absolute atomic E-state index is 8.82. The molecule has 1 aromatic rings. The van der Waals surface area contributed by atoms with Crippen LogP contribution >= 0.6 is 0 Å². The van der Waals surface area contributed by atoms with Crippen LogP contribution in [0.15, 0.2) is 29.4 Å². The first-order valence-corrected chi connectivity index (χ1v) is 7.54. The summed E-state index contributed by atoms with van der Waals surface area (Å²) in [6.45, 7) is 1.87. The first kappa shape index (κ1) is 13.4. The van der Waals surface area contributed by atoms with Crippen LogP contribution in [0.25, 0.3) is 0 Å². The molecule has 0 aromatic heterocycles. The fourth-order valence-electron chi connectivity index (χ4n) is 4.00. The van der Waals surface area contributed by atoms with E-state index in [1.54, 1.807) is 0 Å². The normalized spacial score (nSPS) is 29.0. The molecule has 0 amide bonds. The van der Waals surface area contributed by atoms with E-state index >= 15 is 0 Å². The Kier molecular flexibility index (Phi) is 3.92. The van der Waals surface area contributed by atoms with Crippen molar-refractivity contribution in [2.45, 2.75) is 32.2 Å². The molecular weight excluding hydrogens is 250 g/mol. The van der Waals surface area contributed by atoms with Crippen molar-refractivity contribution in [1.29, 1.82) is 0 Å². The van der Waals surface area contributed by atoms with E-state index in [1.165, 1.54) is 25.7 Å². The molecule has 2 fully saturated rings. The largest absolute Gasteiger partial charge is 0.409 e. The summed E-state index contributed by atoms with van der Waals surface area (Å²) < 4.78 is 0. The van der Waals surface area contributed by atoms with Crippen molar-refractivity contribution in [2.75, 3.05) is 6.54 Å². The molecule has 2 saturated carbocycles. The van der Waals surface area contributed by atoms with Crippen LogP contribution in [0, 0.1) is 17.8 Å². The Morgan fingerprint density at radius 3 is 2.85 bits per heavy atom. The van der Waals surface area contributed by atoms with Crippen LogP contribution in [0.2, 0.25) is 0 Å². The minimum absolute atomic E-state index is 0.183. The Hall–Kier alpha value is -1.55. The molecule has 2 aliphatic carbocycles. The molecule has 1 aromatic carbocycles. The Morgan fingerprint density at radius 1 is 1.30 bits per heavy atom. The molecule has 0 heterocycles. The van der Waals surface area contributed by atoms with Crippen molar-refractivity contribution >= 4 is 5.84 Å². The van der Waals surface area contributed by atoms with Gasteiger partial charge in [-0.2, -0.15) is 0 Å². The van der Waals surface area contributed by atoms with Gasteiger partial charge in [0.15, 0.2) is 5.84 Å². The van der Waals surface area contributed by atoms with Crippen LogP contribution in [0.1, 0.15) is 36.8 Å². The number of nitrogens with two attached hydrogens (primary N) is 1. The zero-order valence-electron chi connectivity index (χ0n) is 11.8. The van der Waals surface area contributed by atoms with Gasteiger partial charge in [0, 0.05) is 12.1 Å². The second kappa shape index (κ2) is 5.83. The molecule has 2 aliphatic rings. The lowest BCUT2D eigenvalue weighted by Crippen LogP contribution is -2.27. The van der Waals surface area contributed by atoms with E-state index in [0.717, 1.165) is 42.0 Å². The molecule has 108 valence electrons. The molecule has 4 N–H and O–H groups in total. The van der Waals surface area contributed by atoms with Crippen LogP contribution in [-0.2, 0) is 6.54 Å². The summed E-state index contributed by atoms with van der Waals surface area (Å²) in [5.41, 5.74) is 7.61. The summed E-state index contributed by atoms with van der Waals surface area (Å²) in [6.07, 6.45) is 5.73. The summed E-state index contributed by atoms with van der Waals surface area (Å²) in [6, 6.07) is 7.82. The average molecular weight is 273 g/mol. The van der Waals surface area contributed by atoms with Crippen LogP contribution < -0.4 is 11.1 Å². The number of nitrogens with one attached hydrogen (secondary N) is 1. The molecule has 0 spiro atoms. The zero-order valence-corrected chi connectivity index (χ0v) is 11.8. The zero-order chi connectivity index (χ0) is 13.9. The number of fused-ring (bicyclic) bond motifs is 2. The van der Waals surface area contributed by atoms with Crippen molar-refractivity contribution in [2.24, 2.45) is 28.6 Å². The molecule has 0 aliphatic heterocycles. The van der Waals surface area contributed by atoms with Gasteiger partial charge in [0.1, 0.15) is 0 Å². The third-order valence-corrected chi connectivity index (χ3v) is 5.01. The second-order valence-electron chi connectivity index (χ2n) is 6.21. The lowest BCUT2D eigenvalue weighted by Gasteiger charge is -2.22. The highest BCUT2D eigenvalue weighted by atomic mass is 16.4. The summed E-state index contributed by atoms with van der Waals surface area (Å²) in [5.74, 6) is 2.98. The summed E-state index contributed by atoms with van der Waals surface area (Å²) in [5, 5.41) is 15.5. The molecule has 4 nitrogen and oxygen atoms in total. The maximum Gasteiger partial charge on any atom is 0.170 e. The second-order valence-corrected chi connectivity index (χ2v) is 6.21. The van der Waals surface area contributed by atoms with E-state index in [1.807, 2.05) is 24.3 Å². The standard InChI is InChI=1S/C16H23N3O/c17-16(19-20)15-4-2-1-3-13(15)9-18-10-14-8-11-5-6-12(14)7-11/h1-4,11-12,14,18,20H,5-10H2,(H2,17,19). The summed E-state index contributed by atoms with van der Waals surface area (Å²) >= 11 is 0. The van der Waals surface area contributed by atoms with E-state index in [0.29, 0.717) is 0 Å². The molecule has 3 rings (SSSR count). The Labute approximate surface area is 120 Å². The van der Waals surface area contributed by atoms with Crippen LogP contribution in [0.4, 0.5) is 0 Å². The number of oxime groups is 1. The SMILES string of the molecule is NC(=NO)c1ccccc1CNCC1CC2CCC1C2. The van der Waals surface area contributed by atoms with Gasteiger partial charge in [-0.3, -0.25) is 0 Å². The highest BCUT2D eigenvalue weighted by Crippen LogP contribution is 2.47. The van der Waals surface area contributed by atoms with Gasteiger partial charge in [-0.1, -0.05) is 35.8 Å². The van der Waals surface area contributed by atoms with Gasteiger partial charge >= 0.3 is 0 Å². The first-order chi connectivity index (χ1) is 9.78. The van der Waals surface area contributed by atoms with Crippen molar-refractivity contribution in [3.05, 3.63) is 35.4 Å². The smallest absolute Gasteiger partial charge is 0.170 e. The third kappa shape index (κ3) is 2.66. The van der Waals surface area contributed by atoms with Gasteiger partial charge in [0.25, 0.3) is 0 Å². The Balaban J connectivity index is 1.56. The van der Waals surface area contributed by atoms with E-state index < -0.39 is 0 Å². The van der Waals surface area contributed by atoms with E-state index in [2.05, 4.69) is 10.5 Å². The molecule has 3 unspecified atom stereocenters. The number of rotatable bonds is 5. The highest BCUT2D eigenvalue weighted by molar-refractivity contribution is 5.98. The Morgan fingerprint density at radius 2 is 2.15 bits per heavy atom. The number of hydrogen-bond acceptors (Lipinski definition) is 3. The van der Waals surface area contributed by atoms with Crippen molar-refractivity contribution in [3.63, 3.8) is 0 Å². The van der Waals surface area contributed by atoms with Crippen molar-refractivity contribution < 1.29 is 5.21 Å². The van der Waals surface area contributed by atoms with E-state index in [4.69, 9.17) is 10.9 Å². The van der Waals surface area contributed by atoms with Crippen LogP contribution in [-0.4, -0.2) is 17.6 Å².